The first kappa shape index (κ1) is 14.0. The van der Waals surface area contributed by atoms with Gasteiger partial charge in [0, 0.05) is 0 Å². The second kappa shape index (κ2) is 5.19. The molecule has 0 saturated heterocycles. The van der Waals surface area contributed by atoms with Crippen molar-refractivity contribution in [2.75, 3.05) is 6.61 Å². The van der Waals surface area contributed by atoms with Crippen molar-refractivity contribution >= 4 is 42.9 Å². The van der Waals surface area contributed by atoms with Gasteiger partial charge in [-0.05, 0) is 6.04 Å². The molecule has 2 nitrogen and oxygen atoms in total. The number of hydrogen-bond donors (Lipinski definition) is 0. The van der Waals surface area contributed by atoms with Crippen LogP contribution in [-0.2, 0) is 9.84 Å². The van der Waals surface area contributed by atoms with Crippen molar-refractivity contribution in [3.8, 4) is 0 Å². The SMILES string of the molecule is C[Si](C)(C)CC([O])OCC(Cl)(Cl)Cl. The Morgan fingerprint density at radius 3 is 2.08 bits per heavy atom. The molecule has 79 valence electrons. The molecule has 1 atom stereocenters. The monoisotopic (exact) mass is 263 g/mol. The summed E-state index contributed by atoms with van der Waals surface area (Å²) in [5.74, 6) is 0. The molecule has 0 spiro atoms. The van der Waals surface area contributed by atoms with Gasteiger partial charge >= 0.3 is 0 Å². The van der Waals surface area contributed by atoms with Crippen molar-refractivity contribution in [1.82, 2.24) is 0 Å². The first-order chi connectivity index (χ1) is 5.60. The minimum Gasteiger partial charge on any atom is -0.345 e. The Morgan fingerprint density at radius 1 is 1.31 bits per heavy atom. The maximum atomic E-state index is 11.2. The molecule has 0 aromatic rings. The maximum Gasteiger partial charge on any atom is 0.213 e. The highest BCUT2D eigenvalue weighted by Gasteiger charge is 2.25. The molecule has 0 N–H and O–H groups in total. The van der Waals surface area contributed by atoms with E-state index < -0.39 is 18.2 Å². The van der Waals surface area contributed by atoms with Gasteiger partial charge in [-0.25, -0.2) is 5.11 Å². The van der Waals surface area contributed by atoms with Gasteiger partial charge in [0.2, 0.25) is 3.79 Å². The lowest BCUT2D eigenvalue weighted by Crippen LogP contribution is -2.29. The Balaban J connectivity index is 3.70. The summed E-state index contributed by atoms with van der Waals surface area (Å²) >= 11 is 16.3. The van der Waals surface area contributed by atoms with E-state index in [4.69, 9.17) is 39.5 Å². The number of alkyl halides is 3. The second-order valence-corrected chi connectivity index (χ2v) is 12.2. The zero-order valence-corrected chi connectivity index (χ0v) is 11.2. The highest BCUT2D eigenvalue weighted by Crippen LogP contribution is 2.27. The molecule has 0 aliphatic rings. The number of ether oxygens (including phenoxy) is 1. The van der Waals surface area contributed by atoms with Gasteiger partial charge in [0.25, 0.3) is 0 Å². The molecule has 0 aliphatic heterocycles. The third kappa shape index (κ3) is 10.9. The predicted octanol–water partition coefficient (Wildman–Crippen LogP) is 3.47. The lowest BCUT2D eigenvalue weighted by Gasteiger charge is -2.20. The fraction of sp³-hybridized carbons (Fsp3) is 1.00. The molecular formula is C7H14Cl3O2Si. The molecule has 1 unspecified atom stereocenters. The van der Waals surface area contributed by atoms with Gasteiger partial charge in [0.05, 0.1) is 14.7 Å². The molecule has 1 radical (unpaired) electrons. The summed E-state index contributed by atoms with van der Waals surface area (Å²) in [5.41, 5.74) is 0. The molecule has 0 aromatic heterocycles. The van der Waals surface area contributed by atoms with Crippen molar-refractivity contribution in [2.24, 2.45) is 0 Å². The van der Waals surface area contributed by atoms with E-state index in [0.717, 1.165) is 0 Å². The maximum absolute atomic E-state index is 11.2. The average molecular weight is 265 g/mol. The molecule has 0 amide bonds. The van der Waals surface area contributed by atoms with Gasteiger partial charge in [-0.2, -0.15) is 0 Å². The molecule has 0 bridgehead atoms. The van der Waals surface area contributed by atoms with Crippen LogP contribution in [0.1, 0.15) is 0 Å². The summed E-state index contributed by atoms with van der Waals surface area (Å²) in [7, 11) is -1.38. The average Bonchev–Trinajstić information content (AvgIpc) is 1.78. The number of halogens is 3. The Hall–Kier alpha value is 1.01. The fourth-order valence-electron chi connectivity index (χ4n) is 0.746. The van der Waals surface area contributed by atoms with Crippen LogP contribution in [0.4, 0.5) is 0 Å². The highest BCUT2D eigenvalue weighted by atomic mass is 35.6. The van der Waals surface area contributed by atoms with Gasteiger partial charge in [0.15, 0.2) is 6.29 Å². The summed E-state index contributed by atoms with van der Waals surface area (Å²) < 4.78 is 3.38. The summed E-state index contributed by atoms with van der Waals surface area (Å²) in [6.07, 6.45) is -1.07. The van der Waals surface area contributed by atoms with Crippen molar-refractivity contribution in [3.63, 3.8) is 0 Å². The number of rotatable bonds is 4. The van der Waals surface area contributed by atoms with E-state index in [1.165, 1.54) is 0 Å². The molecule has 0 saturated carbocycles. The summed E-state index contributed by atoms with van der Waals surface area (Å²) in [6.45, 7) is 6.14. The van der Waals surface area contributed by atoms with E-state index in [1.807, 2.05) is 0 Å². The van der Waals surface area contributed by atoms with E-state index in [2.05, 4.69) is 19.6 Å². The van der Waals surface area contributed by atoms with Crippen molar-refractivity contribution < 1.29 is 9.84 Å². The first-order valence-corrected chi connectivity index (χ1v) is 8.78. The van der Waals surface area contributed by atoms with Crippen LogP contribution in [0.3, 0.4) is 0 Å². The zero-order chi connectivity index (χ0) is 10.7. The third-order valence-electron chi connectivity index (χ3n) is 1.21. The quantitative estimate of drug-likeness (QED) is 0.434. The Morgan fingerprint density at radius 2 is 1.77 bits per heavy atom. The summed E-state index contributed by atoms with van der Waals surface area (Å²) in [4.78, 5) is 0. The van der Waals surface area contributed by atoms with Crippen LogP contribution >= 0.6 is 34.8 Å². The molecule has 0 heterocycles. The van der Waals surface area contributed by atoms with Crippen molar-refractivity contribution in [1.29, 1.82) is 0 Å². The van der Waals surface area contributed by atoms with E-state index in [9.17, 15) is 5.11 Å². The fourth-order valence-corrected chi connectivity index (χ4v) is 2.05. The largest absolute Gasteiger partial charge is 0.345 e. The predicted molar refractivity (Wildman–Crippen MR) is 58.9 cm³/mol. The standard InChI is InChI=1S/C7H14Cl3O2Si/c1-13(2,3)4-6(11)12-5-7(8,9)10/h6H,4-5H2,1-3H3. The Kier molecular flexibility index (Phi) is 5.59. The van der Waals surface area contributed by atoms with Gasteiger partial charge in [-0.15, -0.1) is 0 Å². The second-order valence-electron chi connectivity index (χ2n) is 4.12. The van der Waals surface area contributed by atoms with Gasteiger partial charge in [0.1, 0.15) is 0 Å². The summed E-state index contributed by atoms with van der Waals surface area (Å²) in [6, 6.07) is 0.535. The van der Waals surface area contributed by atoms with Crippen LogP contribution in [0.25, 0.3) is 0 Å². The summed E-state index contributed by atoms with van der Waals surface area (Å²) in [5, 5.41) is 11.2. The van der Waals surface area contributed by atoms with Crippen LogP contribution in [0.2, 0.25) is 25.7 Å². The molecule has 0 aliphatic carbocycles. The van der Waals surface area contributed by atoms with Crippen LogP contribution in [-0.4, -0.2) is 24.8 Å². The molecular weight excluding hydrogens is 251 g/mol. The van der Waals surface area contributed by atoms with E-state index in [0.29, 0.717) is 6.04 Å². The van der Waals surface area contributed by atoms with Gasteiger partial charge in [-0.3, -0.25) is 0 Å². The lowest BCUT2D eigenvalue weighted by atomic mass is 10.7. The van der Waals surface area contributed by atoms with Crippen molar-refractivity contribution in [3.05, 3.63) is 0 Å². The number of hydrogen-bond acceptors (Lipinski definition) is 1. The lowest BCUT2D eigenvalue weighted by molar-refractivity contribution is -0.125. The van der Waals surface area contributed by atoms with Crippen LogP contribution in [0.15, 0.2) is 0 Å². The van der Waals surface area contributed by atoms with E-state index in [1.54, 1.807) is 0 Å². The first-order valence-electron chi connectivity index (χ1n) is 3.94. The zero-order valence-electron chi connectivity index (χ0n) is 7.94. The van der Waals surface area contributed by atoms with Crippen LogP contribution in [0, 0.1) is 0 Å². The van der Waals surface area contributed by atoms with E-state index in [-0.39, 0.29) is 6.61 Å². The normalized spacial score (nSPS) is 15.9. The van der Waals surface area contributed by atoms with Crippen molar-refractivity contribution in [2.45, 2.75) is 35.8 Å². The van der Waals surface area contributed by atoms with Crippen LogP contribution in [0.5, 0.6) is 0 Å². The molecule has 0 rings (SSSR count). The molecule has 13 heavy (non-hydrogen) atoms. The molecule has 0 aromatic carbocycles. The topological polar surface area (TPSA) is 29.1 Å². The molecule has 0 fully saturated rings. The highest BCUT2D eigenvalue weighted by molar-refractivity contribution is 6.76. The van der Waals surface area contributed by atoms with Gasteiger partial charge < -0.3 is 4.74 Å². The Bertz CT molecular complexity index is 153. The Labute approximate surface area is 95.1 Å². The smallest absolute Gasteiger partial charge is 0.213 e. The third-order valence-corrected chi connectivity index (χ3v) is 3.10. The minimum atomic E-state index is -1.48. The minimum absolute atomic E-state index is 0.143. The molecule has 6 heteroatoms. The van der Waals surface area contributed by atoms with E-state index >= 15 is 0 Å². The van der Waals surface area contributed by atoms with Crippen LogP contribution < -0.4 is 0 Å². The van der Waals surface area contributed by atoms with Gasteiger partial charge in [-0.1, -0.05) is 54.4 Å².